The molecule has 4 nitrogen and oxygen atoms in total. The van der Waals surface area contributed by atoms with Crippen molar-refractivity contribution < 1.29 is 5.11 Å². The standard InChI is InChI=1S/C9H23N4P/c1-7(2)10-13-14(11-8(3)4)12-9(5)6/h7-9,11-12H,1-6H3/p+1. The van der Waals surface area contributed by atoms with E-state index < -0.39 is 8.37 Å². The molecule has 0 aliphatic heterocycles. The summed E-state index contributed by atoms with van der Waals surface area (Å²) >= 11 is 0. The van der Waals surface area contributed by atoms with Crippen LogP contribution in [0.4, 0.5) is 0 Å². The molecular formula is C9H24N4P+. The Morgan fingerprint density at radius 1 is 0.929 bits per heavy atom. The summed E-state index contributed by atoms with van der Waals surface area (Å²) in [6.07, 6.45) is 0. The molecule has 0 radical (unpaired) electrons. The number of hydrogen-bond acceptors (Lipinski definition) is 3. The van der Waals surface area contributed by atoms with Gasteiger partial charge in [-0.3, -0.25) is 10.2 Å². The highest BCUT2D eigenvalue weighted by molar-refractivity contribution is 7.51. The van der Waals surface area contributed by atoms with E-state index in [4.69, 9.17) is 0 Å². The van der Waals surface area contributed by atoms with E-state index in [0.717, 1.165) is 0 Å². The van der Waals surface area contributed by atoms with E-state index in [0.29, 0.717) is 18.1 Å². The van der Waals surface area contributed by atoms with Crippen molar-refractivity contribution in [1.82, 2.24) is 10.2 Å². The minimum Gasteiger partial charge on any atom is -0.258 e. The van der Waals surface area contributed by atoms with E-state index in [-0.39, 0.29) is 0 Å². The summed E-state index contributed by atoms with van der Waals surface area (Å²) in [5.41, 5.74) is 0. The number of rotatable bonds is 6. The lowest BCUT2D eigenvalue weighted by Crippen LogP contribution is -2.71. The summed E-state index contributed by atoms with van der Waals surface area (Å²) in [4.78, 5) is 4.40. The lowest BCUT2D eigenvalue weighted by molar-refractivity contribution is -0.556. The predicted octanol–water partition coefficient (Wildman–Crippen LogP) is 1.15. The van der Waals surface area contributed by atoms with Gasteiger partial charge in [0.25, 0.3) is 0 Å². The Labute approximate surface area is 88.9 Å². The molecule has 0 aromatic carbocycles. The van der Waals surface area contributed by atoms with E-state index >= 15 is 0 Å². The van der Waals surface area contributed by atoms with Gasteiger partial charge < -0.3 is 0 Å². The van der Waals surface area contributed by atoms with Crippen molar-refractivity contribution in [1.29, 1.82) is 0 Å². The molecule has 0 aliphatic carbocycles. The average Bonchev–Trinajstić information content (AvgIpc) is 1.97. The van der Waals surface area contributed by atoms with Crippen molar-refractivity contribution in [2.45, 2.75) is 59.7 Å². The molecule has 0 amide bonds. The first-order chi connectivity index (χ1) is 6.41. The highest BCUT2D eigenvalue weighted by atomic mass is 31.1. The summed E-state index contributed by atoms with van der Waals surface area (Å²) in [5, 5.41) is 9.87. The number of hydrogen-bond donors (Lipinski definition) is 3. The van der Waals surface area contributed by atoms with Gasteiger partial charge in [-0.05, 0) is 41.5 Å². The van der Waals surface area contributed by atoms with Crippen molar-refractivity contribution in [3.63, 3.8) is 0 Å². The third-order valence-electron chi connectivity index (χ3n) is 1.18. The third-order valence-corrected chi connectivity index (χ3v) is 3.01. The molecule has 84 valence electrons. The molecule has 5 heteroatoms. The summed E-state index contributed by atoms with van der Waals surface area (Å²) in [7, 11) is -0.658. The maximum atomic E-state index is 4.40. The molecule has 3 N–H and O–H groups in total. The van der Waals surface area contributed by atoms with Gasteiger partial charge >= 0.3 is 0 Å². The monoisotopic (exact) mass is 219 g/mol. The molecule has 0 bridgehead atoms. The van der Waals surface area contributed by atoms with Gasteiger partial charge in [0.05, 0.1) is 0 Å². The zero-order chi connectivity index (χ0) is 11.1. The lowest BCUT2D eigenvalue weighted by atomic mass is 10.4. The molecule has 0 spiro atoms. The van der Waals surface area contributed by atoms with E-state index in [1.807, 2.05) is 0 Å². The van der Waals surface area contributed by atoms with Crippen LogP contribution in [0.2, 0.25) is 0 Å². The second-order valence-electron chi connectivity index (χ2n) is 4.26. The SMILES string of the molecule is CC(C)NP(N=[NH+]C(C)C)NC(C)C. The van der Waals surface area contributed by atoms with Crippen LogP contribution in [0.15, 0.2) is 4.88 Å². The Bertz CT molecular complexity index is 158. The van der Waals surface area contributed by atoms with E-state index in [1.165, 1.54) is 0 Å². The van der Waals surface area contributed by atoms with Crippen LogP contribution in [0, 0.1) is 0 Å². The minimum absolute atomic E-state index is 0.392. The summed E-state index contributed by atoms with van der Waals surface area (Å²) < 4.78 is 0. The fourth-order valence-corrected chi connectivity index (χ4v) is 2.27. The zero-order valence-corrected chi connectivity index (χ0v) is 11.0. The van der Waals surface area contributed by atoms with Crippen molar-refractivity contribution >= 4 is 8.37 Å². The van der Waals surface area contributed by atoms with Crippen molar-refractivity contribution in [2.24, 2.45) is 4.88 Å². The van der Waals surface area contributed by atoms with Gasteiger partial charge in [0.1, 0.15) is 0 Å². The van der Waals surface area contributed by atoms with Gasteiger partial charge in [0.2, 0.25) is 8.37 Å². The molecule has 0 saturated heterocycles. The molecule has 0 heterocycles. The van der Waals surface area contributed by atoms with Crippen molar-refractivity contribution in [3.05, 3.63) is 0 Å². The molecule has 0 aromatic rings. The molecule has 0 aliphatic rings. The predicted molar refractivity (Wildman–Crippen MR) is 62.0 cm³/mol. The van der Waals surface area contributed by atoms with Gasteiger partial charge in [0, 0.05) is 17.0 Å². The van der Waals surface area contributed by atoms with Gasteiger partial charge in [-0.25, -0.2) is 0 Å². The Morgan fingerprint density at radius 3 is 1.64 bits per heavy atom. The molecule has 0 unspecified atom stereocenters. The van der Waals surface area contributed by atoms with E-state index in [9.17, 15) is 0 Å². The molecular weight excluding hydrogens is 195 g/mol. The molecule has 0 atom stereocenters. The molecule has 0 saturated carbocycles. The van der Waals surface area contributed by atoms with Crippen molar-refractivity contribution in [3.8, 4) is 0 Å². The van der Waals surface area contributed by atoms with E-state index in [2.05, 4.69) is 61.7 Å². The first-order valence-electron chi connectivity index (χ1n) is 5.20. The van der Waals surface area contributed by atoms with Gasteiger partial charge in [-0.1, -0.05) is 0 Å². The second-order valence-corrected chi connectivity index (χ2v) is 5.60. The molecule has 0 rings (SSSR count). The van der Waals surface area contributed by atoms with Gasteiger partial charge in [-0.2, -0.15) is 0 Å². The van der Waals surface area contributed by atoms with Crippen LogP contribution in [0.3, 0.4) is 0 Å². The van der Waals surface area contributed by atoms with Crippen LogP contribution in [0.1, 0.15) is 41.5 Å². The Morgan fingerprint density at radius 2 is 1.36 bits per heavy atom. The van der Waals surface area contributed by atoms with Crippen LogP contribution in [-0.2, 0) is 0 Å². The Hall–Kier alpha value is -0.0500. The maximum Gasteiger partial charge on any atom is 0.237 e. The summed E-state index contributed by atoms with van der Waals surface area (Å²) in [5.74, 6) is 0. The Balaban J connectivity index is 4.10. The second kappa shape index (κ2) is 7.27. The lowest BCUT2D eigenvalue weighted by Gasteiger charge is -2.16. The first-order valence-corrected chi connectivity index (χ1v) is 6.50. The van der Waals surface area contributed by atoms with Crippen LogP contribution < -0.4 is 15.3 Å². The average molecular weight is 219 g/mol. The molecule has 14 heavy (non-hydrogen) atoms. The first kappa shape index (κ1) is 13.9. The summed E-state index contributed by atoms with van der Waals surface area (Å²) in [6, 6.07) is 1.29. The fourth-order valence-electron chi connectivity index (χ4n) is 0.757. The molecule has 0 aromatic heterocycles. The normalized spacial score (nSPS) is 13.0. The van der Waals surface area contributed by atoms with Crippen LogP contribution in [0.25, 0.3) is 0 Å². The van der Waals surface area contributed by atoms with Crippen LogP contribution >= 0.6 is 8.37 Å². The fraction of sp³-hybridized carbons (Fsp3) is 1.00. The highest BCUT2D eigenvalue weighted by Gasteiger charge is 2.13. The third kappa shape index (κ3) is 8.54. The van der Waals surface area contributed by atoms with E-state index in [1.54, 1.807) is 0 Å². The highest BCUT2D eigenvalue weighted by Crippen LogP contribution is 2.26. The minimum atomic E-state index is -0.658. The van der Waals surface area contributed by atoms with Crippen molar-refractivity contribution in [2.75, 3.05) is 0 Å². The number of nitrogens with zero attached hydrogens (tertiary/aromatic N) is 1. The zero-order valence-electron chi connectivity index (χ0n) is 10.1. The largest absolute Gasteiger partial charge is 0.258 e. The van der Waals surface area contributed by atoms with Crippen LogP contribution in [0.5, 0.6) is 0 Å². The van der Waals surface area contributed by atoms with Crippen LogP contribution in [-0.4, -0.2) is 18.1 Å². The maximum absolute atomic E-state index is 4.40. The number of nitrogens with one attached hydrogen (secondary N) is 3. The van der Waals surface area contributed by atoms with Gasteiger partial charge in [0.15, 0.2) is 6.04 Å². The van der Waals surface area contributed by atoms with Gasteiger partial charge in [-0.15, -0.1) is 5.11 Å². The Kier molecular flexibility index (Phi) is 7.24. The molecule has 0 fully saturated rings. The summed E-state index contributed by atoms with van der Waals surface area (Å²) in [6.45, 7) is 12.7. The quantitative estimate of drug-likeness (QED) is 0.463. The smallest absolute Gasteiger partial charge is 0.237 e. The topological polar surface area (TPSA) is 50.4 Å².